The zero-order valence-electron chi connectivity index (χ0n) is 10.7. The number of amides is 1. The molecule has 0 aliphatic heterocycles. The molecule has 1 N–H and O–H groups in total. The van der Waals surface area contributed by atoms with Gasteiger partial charge < -0.3 is 5.32 Å². The molecule has 1 aromatic heterocycles. The summed E-state index contributed by atoms with van der Waals surface area (Å²) < 4.78 is 0.738. The van der Waals surface area contributed by atoms with E-state index in [2.05, 4.69) is 27.3 Å². The first-order chi connectivity index (χ1) is 9.65. The Kier molecular flexibility index (Phi) is 4.15. The molecule has 0 radical (unpaired) electrons. The number of nitrogens with one attached hydrogen (secondary N) is 1. The van der Waals surface area contributed by atoms with Gasteiger partial charge in [0.05, 0.1) is 17.1 Å². The number of aryl methyl sites for hydroxylation is 2. The normalized spacial score (nSPS) is 13.3. The van der Waals surface area contributed by atoms with Crippen molar-refractivity contribution in [2.24, 2.45) is 0 Å². The molecule has 0 spiro atoms. The van der Waals surface area contributed by atoms with Gasteiger partial charge in [-0.1, -0.05) is 17.7 Å². The van der Waals surface area contributed by atoms with E-state index in [-0.39, 0.29) is 5.91 Å². The zero-order chi connectivity index (χ0) is 14.1. The number of hydrogen-bond acceptors (Lipinski definition) is 2. The fourth-order valence-electron chi connectivity index (χ4n) is 2.42. The predicted octanol–water partition coefficient (Wildman–Crippen LogP) is 4.58. The zero-order valence-corrected chi connectivity index (χ0v) is 13.9. The standard InChI is InChI=1S/C15H13BrClNOS/c16-12-5-2-4-11(14(12)17)15(19)18-8-10-7-9-3-1-6-13(9)20-10/h2,4-5,7H,1,3,6,8H2,(H,18,19). The molecule has 0 atom stereocenters. The van der Waals surface area contributed by atoms with E-state index in [1.54, 1.807) is 6.07 Å². The van der Waals surface area contributed by atoms with E-state index in [4.69, 9.17) is 11.6 Å². The lowest BCUT2D eigenvalue weighted by Gasteiger charge is -2.06. The van der Waals surface area contributed by atoms with E-state index < -0.39 is 0 Å². The van der Waals surface area contributed by atoms with Crippen LogP contribution in [0.25, 0.3) is 0 Å². The summed E-state index contributed by atoms with van der Waals surface area (Å²) in [7, 11) is 0. The Labute approximate surface area is 135 Å². The maximum Gasteiger partial charge on any atom is 0.253 e. The van der Waals surface area contributed by atoms with Crippen LogP contribution in [0.3, 0.4) is 0 Å². The van der Waals surface area contributed by atoms with Gasteiger partial charge in [0.1, 0.15) is 0 Å². The molecular weight excluding hydrogens is 358 g/mol. The van der Waals surface area contributed by atoms with Gasteiger partial charge >= 0.3 is 0 Å². The van der Waals surface area contributed by atoms with Crippen LogP contribution in [0.4, 0.5) is 0 Å². The highest BCUT2D eigenvalue weighted by molar-refractivity contribution is 9.10. The summed E-state index contributed by atoms with van der Waals surface area (Å²) in [6.45, 7) is 0.569. The van der Waals surface area contributed by atoms with Gasteiger partial charge in [-0.2, -0.15) is 0 Å². The number of fused-ring (bicyclic) bond motifs is 1. The Morgan fingerprint density at radius 3 is 3.05 bits per heavy atom. The second-order valence-electron chi connectivity index (χ2n) is 4.80. The summed E-state index contributed by atoms with van der Waals surface area (Å²) in [5, 5.41) is 3.40. The van der Waals surface area contributed by atoms with Crippen molar-refractivity contribution >= 4 is 44.8 Å². The van der Waals surface area contributed by atoms with E-state index in [1.807, 2.05) is 23.5 Å². The van der Waals surface area contributed by atoms with Crippen LogP contribution in [0, 0.1) is 0 Å². The molecule has 0 saturated carbocycles. The third-order valence-electron chi connectivity index (χ3n) is 3.42. The van der Waals surface area contributed by atoms with Crippen LogP contribution in [-0.2, 0) is 19.4 Å². The summed E-state index contributed by atoms with van der Waals surface area (Å²) in [4.78, 5) is 14.9. The third-order valence-corrected chi connectivity index (χ3v) is 5.95. The minimum absolute atomic E-state index is 0.134. The Morgan fingerprint density at radius 1 is 1.40 bits per heavy atom. The smallest absolute Gasteiger partial charge is 0.253 e. The molecule has 1 aliphatic rings. The largest absolute Gasteiger partial charge is 0.347 e. The number of hydrogen-bond donors (Lipinski definition) is 1. The molecule has 1 heterocycles. The molecule has 5 heteroatoms. The molecule has 0 fully saturated rings. The molecule has 3 rings (SSSR count). The van der Waals surface area contributed by atoms with E-state index in [9.17, 15) is 4.79 Å². The van der Waals surface area contributed by atoms with Gasteiger partial charge in [0.2, 0.25) is 0 Å². The third kappa shape index (κ3) is 2.78. The minimum Gasteiger partial charge on any atom is -0.347 e. The number of thiophene rings is 1. The molecule has 1 aromatic carbocycles. The molecular formula is C15H13BrClNOS. The highest BCUT2D eigenvalue weighted by Gasteiger charge is 2.16. The van der Waals surface area contributed by atoms with Crippen molar-refractivity contribution in [2.75, 3.05) is 0 Å². The first kappa shape index (κ1) is 14.1. The summed E-state index contributed by atoms with van der Waals surface area (Å²) in [5.41, 5.74) is 1.96. The SMILES string of the molecule is O=C(NCc1cc2c(s1)CCC2)c1cccc(Br)c1Cl. The van der Waals surface area contributed by atoms with Gasteiger partial charge in [0.15, 0.2) is 0 Å². The molecule has 1 amide bonds. The Bertz CT molecular complexity index is 646. The summed E-state index contributed by atoms with van der Waals surface area (Å²) >= 11 is 11.3. The highest BCUT2D eigenvalue weighted by Crippen LogP contribution is 2.30. The number of carbonyl (C=O) groups excluding carboxylic acids is 1. The van der Waals surface area contributed by atoms with Crippen LogP contribution >= 0.6 is 38.9 Å². The van der Waals surface area contributed by atoms with Crippen LogP contribution in [0.1, 0.15) is 32.1 Å². The summed E-state index contributed by atoms with van der Waals surface area (Å²) in [6, 6.07) is 7.58. The first-order valence-electron chi connectivity index (χ1n) is 6.48. The highest BCUT2D eigenvalue weighted by atomic mass is 79.9. The number of carbonyl (C=O) groups is 1. The lowest BCUT2D eigenvalue weighted by Crippen LogP contribution is -2.22. The summed E-state index contributed by atoms with van der Waals surface area (Å²) in [6.07, 6.45) is 3.63. The maximum atomic E-state index is 12.2. The van der Waals surface area contributed by atoms with Crippen molar-refractivity contribution in [2.45, 2.75) is 25.8 Å². The fourth-order valence-corrected chi connectivity index (χ4v) is 4.20. The quantitative estimate of drug-likeness (QED) is 0.841. The number of benzene rings is 1. The van der Waals surface area contributed by atoms with Crippen LogP contribution < -0.4 is 5.32 Å². The minimum atomic E-state index is -0.134. The topological polar surface area (TPSA) is 29.1 Å². The lowest BCUT2D eigenvalue weighted by molar-refractivity contribution is 0.0951. The average Bonchev–Trinajstić information content (AvgIpc) is 3.00. The fraction of sp³-hybridized carbons (Fsp3) is 0.267. The van der Waals surface area contributed by atoms with Crippen molar-refractivity contribution in [1.82, 2.24) is 5.32 Å². The van der Waals surface area contributed by atoms with Gasteiger partial charge in [0, 0.05) is 14.2 Å². The van der Waals surface area contributed by atoms with Gasteiger partial charge in [-0.25, -0.2) is 0 Å². The van der Waals surface area contributed by atoms with Crippen LogP contribution in [-0.4, -0.2) is 5.91 Å². The predicted molar refractivity (Wildman–Crippen MR) is 86.7 cm³/mol. The number of halogens is 2. The molecule has 104 valence electrons. The Hall–Kier alpha value is -0.840. The Morgan fingerprint density at radius 2 is 2.25 bits per heavy atom. The van der Waals surface area contributed by atoms with Gasteiger partial charge in [-0.15, -0.1) is 11.3 Å². The van der Waals surface area contributed by atoms with E-state index >= 15 is 0 Å². The molecule has 0 bridgehead atoms. The van der Waals surface area contributed by atoms with Crippen LogP contribution in [0.2, 0.25) is 5.02 Å². The van der Waals surface area contributed by atoms with Crippen molar-refractivity contribution in [3.05, 3.63) is 54.6 Å². The Balaban J connectivity index is 1.68. The number of rotatable bonds is 3. The van der Waals surface area contributed by atoms with E-state index in [0.29, 0.717) is 17.1 Å². The molecule has 2 aromatic rings. The van der Waals surface area contributed by atoms with Crippen molar-refractivity contribution < 1.29 is 4.79 Å². The molecule has 1 aliphatic carbocycles. The molecule has 20 heavy (non-hydrogen) atoms. The van der Waals surface area contributed by atoms with Crippen molar-refractivity contribution in [3.63, 3.8) is 0 Å². The molecule has 0 unspecified atom stereocenters. The second kappa shape index (κ2) is 5.88. The molecule has 2 nitrogen and oxygen atoms in total. The van der Waals surface area contributed by atoms with Crippen molar-refractivity contribution in [3.8, 4) is 0 Å². The van der Waals surface area contributed by atoms with Crippen LogP contribution in [0.15, 0.2) is 28.7 Å². The van der Waals surface area contributed by atoms with Crippen LogP contribution in [0.5, 0.6) is 0 Å². The molecule has 0 saturated heterocycles. The average molecular weight is 371 g/mol. The summed E-state index contributed by atoms with van der Waals surface area (Å²) in [5.74, 6) is -0.134. The van der Waals surface area contributed by atoms with Gasteiger partial charge in [-0.05, 0) is 59.0 Å². The second-order valence-corrected chi connectivity index (χ2v) is 7.25. The monoisotopic (exact) mass is 369 g/mol. The van der Waals surface area contributed by atoms with Crippen molar-refractivity contribution in [1.29, 1.82) is 0 Å². The van der Waals surface area contributed by atoms with Gasteiger partial charge in [0.25, 0.3) is 5.91 Å². The van der Waals surface area contributed by atoms with Gasteiger partial charge in [-0.3, -0.25) is 4.79 Å². The first-order valence-corrected chi connectivity index (χ1v) is 8.46. The van der Waals surface area contributed by atoms with E-state index in [0.717, 1.165) is 4.47 Å². The van der Waals surface area contributed by atoms with E-state index in [1.165, 1.54) is 34.6 Å². The lowest BCUT2D eigenvalue weighted by atomic mass is 10.2. The maximum absolute atomic E-state index is 12.2.